The Morgan fingerprint density at radius 2 is 1.80 bits per heavy atom. The van der Waals surface area contributed by atoms with E-state index in [2.05, 4.69) is 5.32 Å². The lowest BCUT2D eigenvalue weighted by Crippen LogP contribution is -2.41. The number of methoxy groups -OCH3 is 2. The number of nitrogens with zero attached hydrogens (tertiary/aromatic N) is 3. The maximum absolute atomic E-state index is 13.1. The number of carbonyl (C=O) groups excluding carboxylic acids is 2. The topological polar surface area (TPSA) is 85.7 Å². The van der Waals surface area contributed by atoms with Gasteiger partial charge < -0.3 is 14.4 Å². The third kappa shape index (κ3) is 6.01. The lowest BCUT2D eigenvalue weighted by Gasteiger charge is -2.24. The molecule has 4 rings (SSSR count). The van der Waals surface area contributed by atoms with Crippen molar-refractivity contribution in [2.45, 2.75) is 26.7 Å². The number of hydrogen-bond donors (Lipinski definition) is 1. The van der Waals surface area contributed by atoms with Crippen LogP contribution in [0, 0.1) is 11.8 Å². The molecule has 1 aliphatic carbocycles. The van der Waals surface area contributed by atoms with Crippen molar-refractivity contribution in [3.05, 3.63) is 54.7 Å². The van der Waals surface area contributed by atoms with E-state index in [1.54, 1.807) is 19.1 Å². The summed E-state index contributed by atoms with van der Waals surface area (Å²) in [7, 11) is 3.23. The van der Waals surface area contributed by atoms with E-state index in [9.17, 15) is 9.59 Å². The highest BCUT2D eigenvalue weighted by Gasteiger charge is 2.29. The molecule has 2 aromatic carbocycles. The van der Waals surface area contributed by atoms with Crippen molar-refractivity contribution in [1.29, 1.82) is 0 Å². The number of imidazole rings is 1. The Labute approximate surface area is 205 Å². The fourth-order valence-electron chi connectivity index (χ4n) is 3.88. The molecule has 8 nitrogen and oxygen atoms in total. The van der Waals surface area contributed by atoms with Gasteiger partial charge in [0.25, 0.3) is 0 Å². The molecule has 1 heterocycles. The molecule has 0 radical (unpaired) electrons. The van der Waals surface area contributed by atoms with E-state index in [1.165, 1.54) is 0 Å². The van der Waals surface area contributed by atoms with Gasteiger partial charge in [0.05, 0.1) is 26.5 Å². The van der Waals surface area contributed by atoms with Gasteiger partial charge in [-0.05, 0) is 55.2 Å². The third-order valence-electron chi connectivity index (χ3n) is 5.99. The van der Waals surface area contributed by atoms with Crippen LogP contribution in [0.25, 0.3) is 16.9 Å². The largest absolute Gasteiger partial charge is 0.497 e. The van der Waals surface area contributed by atoms with Gasteiger partial charge in [0.1, 0.15) is 11.5 Å². The first-order chi connectivity index (χ1) is 16.9. The van der Waals surface area contributed by atoms with Gasteiger partial charge in [-0.25, -0.2) is 4.98 Å². The van der Waals surface area contributed by atoms with E-state index in [0.29, 0.717) is 24.1 Å². The smallest absolute Gasteiger partial charge is 0.246 e. The summed E-state index contributed by atoms with van der Waals surface area (Å²) in [6, 6.07) is 15.1. The van der Waals surface area contributed by atoms with E-state index >= 15 is 0 Å². The summed E-state index contributed by atoms with van der Waals surface area (Å²) in [4.78, 5) is 32.2. The lowest BCUT2D eigenvalue weighted by atomic mass is 10.1. The predicted octanol–water partition coefficient (Wildman–Crippen LogP) is 4.39. The van der Waals surface area contributed by atoms with Crippen LogP contribution in [0.4, 0.5) is 5.95 Å². The molecule has 0 atom stereocenters. The van der Waals surface area contributed by atoms with Crippen molar-refractivity contribution in [2.24, 2.45) is 11.8 Å². The molecule has 35 heavy (non-hydrogen) atoms. The highest BCUT2D eigenvalue weighted by atomic mass is 16.5. The molecule has 0 unspecified atom stereocenters. The van der Waals surface area contributed by atoms with Gasteiger partial charge in [0.15, 0.2) is 0 Å². The fourth-order valence-corrected chi connectivity index (χ4v) is 3.88. The van der Waals surface area contributed by atoms with Gasteiger partial charge in [-0.3, -0.25) is 19.5 Å². The van der Waals surface area contributed by atoms with Crippen LogP contribution in [0.3, 0.4) is 0 Å². The van der Waals surface area contributed by atoms with Crippen molar-refractivity contribution in [1.82, 2.24) is 14.5 Å². The van der Waals surface area contributed by atoms with E-state index < -0.39 is 0 Å². The summed E-state index contributed by atoms with van der Waals surface area (Å²) < 4.78 is 12.5. The summed E-state index contributed by atoms with van der Waals surface area (Å²) >= 11 is 0. The minimum atomic E-state index is -0.280. The molecule has 2 amide bonds. The average molecular weight is 477 g/mol. The third-order valence-corrected chi connectivity index (χ3v) is 5.99. The number of hydrogen-bond acceptors (Lipinski definition) is 5. The zero-order valence-electron chi connectivity index (χ0n) is 20.7. The van der Waals surface area contributed by atoms with Gasteiger partial charge >= 0.3 is 0 Å². The summed E-state index contributed by atoms with van der Waals surface area (Å²) in [6.45, 7) is 4.33. The van der Waals surface area contributed by atoms with Crippen molar-refractivity contribution < 1.29 is 19.1 Å². The second-order valence-electron chi connectivity index (χ2n) is 9.11. The Kier molecular flexibility index (Phi) is 7.39. The first-order valence-corrected chi connectivity index (χ1v) is 11.8. The molecule has 1 N–H and O–H groups in total. The SMILES string of the molecule is COc1ccc(-n2cc(-c3cccc(OC)c3)nc2NC(=O)CN(CC2CC2)C(=O)C(C)C)cc1. The molecular formula is C27H32N4O4. The number of benzene rings is 2. The van der Waals surface area contributed by atoms with Crippen LogP contribution in [0.2, 0.25) is 0 Å². The Balaban J connectivity index is 1.62. The quantitative estimate of drug-likeness (QED) is 0.469. The van der Waals surface area contributed by atoms with Gasteiger partial charge in [0, 0.05) is 29.9 Å². The minimum Gasteiger partial charge on any atom is -0.497 e. The van der Waals surface area contributed by atoms with E-state index in [-0.39, 0.29) is 24.3 Å². The fraction of sp³-hybridized carbons (Fsp3) is 0.370. The summed E-state index contributed by atoms with van der Waals surface area (Å²) in [5.41, 5.74) is 2.36. The normalized spacial score (nSPS) is 12.9. The molecule has 8 heteroatoms. The van der Waals surface area contributed by atoms with Gasteiger partial charge in [-0.1, -0.05) is 26.0 Å². The van der Waals surface area contributed by atoms with E-state index in [0.717, 1.165) is 35.6 Å². The number of nitrogens with one attached hydrogen (secondary N) is 1. The van der Waals surface area contributed by atoms with Crippen LogP contribution in [0.5, 0.6) is 11.5 Å². The number of anilines is 1. The van der Waals surface area contributed by atoms with Crippen LogP contribution in [0.1, 0.15) is 26.7 Å². The first kappa shape index (κ1) is 24.3. The Morgan fingerprint density at radius 1 is 1.09 bits per heavy atom. The number of rotatable bonds is 10. The zero-order chi connectivity index (χ0) is 24.9. The van der Waals surface area contributed by atoms with Crippen LogP contribution in [-0.2, 0) is 9.59 Å². The molecule has 184 valence electrons. The standard InChI is InChI=1S/C27H32N4O4/c1-18(2)26(33)30(15-19-8-9-19)17-25(32)29-27-28-24(20-6-5-7-23(14-20)35-4)16-31(27)21-10-12-22(34-3)13-11-21/h5-7,10-14,16,18-19H,8-9,15,17H2,1-4H3,(H,28,29,32). The molecule has 1 aliphatic rings. The van der Waals surface area contributed by atoms with Gasteiger partial charge in [-0.2, -0.15) is 0 Å². The summed E-state index contributed by atoms with van der Waals surface area (Å²) in [5, 5.41) is 2.93. The minimum absolute atomic E-state index is 0.00250. The summed E-state index contributed by atoms with van der Waals surface area (Å²) in [5.74, 6) is 1.86. The van der Waals surface area contributed by atoms with E-state index in [4.69, 9.17) is 14.5 Å². The maximum Gasteiger partial charge on any atom is 0.246 e. The highest BCUT2D eigenvalue weighted by Crippen LogP contribution is 2.30. The molecule has 0 aliphatic heterocycles. The second kappa shape index (κ2) is 10.6. The van der Waals surface area contributed by atoms with Crippen molar-refractivity contribution in [2.75, 3.05) is 32.6 Å². The molecule has 1 saturated carbocycles. The maximum atomic E-state index is 13.1. The molecule has 1 fully saturated rings. The monoisotopic (exact) mass is 476 g/mol. The van der Waals surface area contributed by atoms with Gasteiger partial charge in [-0.15, -0.1) is 0 Å². The van der Waals surface area contributed by atoms with Crippen molar-refractivity contribution >= 4 is 17.8 Å². The van der Waals surface area contributed by atoms with Gasteiger partial charge in [0.2, 0.25) is 17.8 Å². The van der Waals surface area contributed by atoms with Crippen molar-refractivity contribution in [3.8, 4) is 28.4 Å². The molecule has 0 bridgehead atoms. The molecule has 0 saturated heterocycles. The molecule has 0 spiro atoms. The number of ether oxygens (including phenoxy) is 2. The summed E-state index contributed by atoms with van der Waals surface area (Å²) in [6.07, 6.45) is 4.08. The Bertz CT molecular complexity index is 1180. The Hall–Kier alpha value is -3.81. The second-order valence-corrected chi connectivity index (χ2v) is 9.11. The number of carbonyl (C=O) groups is 2. The zero-order valence-corrected chi connectivity index (χ0v) is 20.7. The average Bonchev–Trinajstić information content (AvgIpc) is 3.60. The lowest BCUT2D eigenvalue weighted by molar-refractivity contribution is -0.137. The predicted molar refractivity (Wildman–Crippen MR) is 135 cm³/mol. The van der Waals surface area contributed by atoms with Crippen LogP contribution in [-0.4, -0.2) is 53.6 Å². The molecule has 1 aromatic heterocycles. The van der Waals surface area contributed by atoms with Crippen molar-refractivity contribution in [3.63, 3.8) is 0 Å². The molecular weight excluding hydrogens is 444 g/mol. The first-order valence-electron chi connectivity index (χ1n) is 11.8. The van der Waals surface area contributed by atoms with E-state index in [1.807, 2.05) is 73.1 Å². The van der Waals surface area contributed by atoms with Crippen LogP contribution < -0.4 is 14.8 Å². The number of aromatic nitrogens is 2. The molecule has 3 aromatic rings. The Morgan fingerprint density at radius 3 is 2.43 bits per heavy atom. The number of amides is 2. The highest BCUT2D eigenvalue weighted by molar-refractivity contribution is 5.94. The van der Waals surface area contributed by atoms with Crippen LogP contribution in [0.15, 0.2) is 54.7 Å². The van der Waals surface area contributed by atoms with Crippen LogP contribution >= 0.6 is 0 Å².